The summed E-state index contributed by atoms with van der Waals surface area (Å²) in [5.41, 5.74) is 3.89. The minimum atomic E-state index is -0.476. The van der Waals surface area contributed by atoms with Gasteiger partial charge in [0, 0.05) is 30.6 Å². The molecular formula is C18H17N3O3. The van der Waals surface area contributed by atoms with Crippen molar-refractivity contribution < 1.29 is 14.6 Å². The average Bonchev–Trinajstić information content (AvgIpc) is 3.03. The number of carbonyl (C=O) groups excluding carboxylic acids is 1. The lowest BCUT2D eigenvalue weighted by molar-refractivity contribution is -0.125. The summed E-state index contributed by atoms with van der Waals surface area (Å²) in [6, 6.07) is 9.41. The van der Waals surface area contributed by atoms with E-state index in [0.29, 0.717) is 5.75 Å². The average molecular weight is 323 g/mol. The fourth-order valence-corrected chi connectivity index (χ4v) is 3.00. The first-order valence-corrected chi connectivity index (χ1v) is 7.74. The summed E-state index contributed by atoms with van der Waals surface area (Å²) in [4.78, 5) is 18.3. The van der Waals surface area contributed by atoms with Crippen LogP contribution in [0.15, 0.2) is 42.7 Å². The maximum atomic E-state index is 12.1. The van der Waals surface area contributed by atoms with E-state index in [1.165, 1.54) is 0 Å². The Bertz CT molecular complexity index is 948. The third kappa shape index (κ3) is 2.15. The van der Waals surface area contributed by atoms with Crippen LogP contribution in [-0.4, -0.2) is 33.6 Å². The normalized spacial score (nSPS) is 17.0. The number of rotatable bonds is 2. The van der Waals surface area contributed by atoms with E-state index in [4.69, 9.17) is 4.74 Å². The fraction of sp³-hybridized carbons (Fsp3) is 0.222. The molecule has 2 aromatic heterocycles. The van der Waals surface area contributed by atoms with Gasteiger partial charge in [-0.2, -0.15) is 0 Å². The van der Waals surface area contributed by atoms with Crippen molar-refractivity contribution in [3.8, 4) is 17.0 Å². The van der Waals surface area contributed by atoms with Crippen LogP contribution >= 0.6 is 0 Å². The number of anilines is 1. The molecule has 1 aliphatic rings. The lowest BCUT2D eigenvalue weighted by Gasteiger charge is -2.30. The van der Waals surface area contributed by atoms with Gasteiger partial charge in [-0.1, -0.05) is 6.07 Å². The molecule has 1 amide bonds. The van der Waals surface area contributed by atoms with E-state index >= 15 is 0 Å². The van der Waals surface area contributed by atoms with Crippen molar-refractivity contribution in [2.75, 3.05) is 11.9 Å². The number of hydrogen-bond donors (Lipinski definition) is 1. The molecule has 0 aliphatic carbocycles. The molecule has 1 atom stereocenters. The van der Waals surface area contributed by atoms with Gasteiger partial charge in [0.05, 0.1) is 18.0 Å². The fourth-order valence-electron chi connectivity index (χ4n) is 3.00. The highest BCUT2D eigenvalue weighted by atomic mass is 16.5. The van der Waals surface area contributed by atoms with Crippen molar-refractivity contribution >= 4 is 17.2 Å². The van der Waals surface area contributed by atoms with Crippen LogP contribution in [-0.2, 0) is 11.4 Å². The number of pyridine rings is 1. The minimum absolute atomic E-state index is 0.0616. The molecule has 0 saturated carbocycles. The quantitative estimate of drug-likeness (QED) is 0.785. The highest BCUT2D eigenvalue weighted by Gasteiger charge is 2.29. The van der Waals surface area contributed by atoms with Crippen LogP contribution in [0.3, 0.4) is 0 Å². The summed E-state index contributed by atoms with van der Waals surface area (Å²) in [5.74, 6) is 0.616. The third-order valence-electron chi connectivity index (χ3n) is 4.33. The summed E-state index contributed by atoms with van der Waals surface area (Å²) in [6.45, 7) is 1.68. The Balaban J connectivity index is 1.82. The SMILES string of the molecule is CC1Oc2ccc(-c3cn4cccc(CO)c4n3)cc2N(C)C1=O. The molecule has 3 aromatic rings. The molecule has 0 radical (unpaired) electrons. The highest BCUT2D eigenvalue weighted by Crippen LogP contribution is 2.36. The number of amides is 1. The first kappa shape index (κ1) is 14.7. The maximum Gasteiger partial charge on any atom is 0.267 e. The van der Waals surface area contributed by atoms with E-state index in [-0.39, 0.29) is 12.5 Å². The molecule has 24 heavy (non-hydrogen) atoms. The number of hydrogen-bond acceptors (Lipinski definition) is 4. The molecule has 1 aromatic carbocycles. The number of aliphatic hydroxyl groups is 1. The van der Waals surface area contributed by atoms with E-state index in [2.05, 4.69) is 4.98 Å². The number of likely N-dealkylation sites (N-methyl/N-ethyl adjacent to an activating group) is 1. The first-order valence-electron chi connectivity index (χ1n) is 7.74. The molecule has 0 spiro atoms. The predicted molar refractivity (Wildman–Crippen MR) is 90.1 cm³/mol. The Morgan fingerprint density at radius 2 is 2.17 bits per heavy atom. The van der Waals surface area contributed by atoms with Crippen molar-refractivity contribution in [1.29, 1.82) is 0 Å². The highest BCUT2D eigenvalue weighted by molar-refractivity contribution is 6.00. The summed E-state index contributed by atoms with van der Waals surface area (Å²) in [5, 5.41) is 9.45. The number of aliphatic hydroxyl groups excluding tert-OH is 1. The van der Waals surface area contributed by atoms with Crippen LogP contribution in [0.5, 0.6) is 5.75 Å². The van der Waals surface area contributed by atoms with E-state index in [1.807, 2.05) is 47.1 Å². The number of aromatic nitrogens is 2. The molecule has 4 rings (SSSR count). The summed E-state index contributed by atoms with van der Waals surface area (Å²) in [7, 11) is 1.75. The topological polar surface area (TPSA) is 67.1 Å². The number of ether oxygens (including phenoxy) is 1. The summed E-state index contributed by atoms with van der Waals surface area (Å²) in [6.07, 6.45) is 3.32. The number of carbonyl (C=O) groups is 1. The third-order valence-corrected chi connectivity index (χ3v) is 4.33. The molecule has 0 saturated heterocycles. The number of nitrogens with zero attached hydrogens (tertiary/aromatic N) is 3. The summed E-state index contributed by atoms with van der Waals surface area (Å²) < 4.78 is 7.53. The van der Waals surface area contributed by atoms with Gasteiger partial charge in [0.25, 0.3) is 5.91 Å². The van der Waals surface area contributed by atoms with Gasteiger partial charge >= 0.3 is 0 Å². The molecular weight excluding hydrogens is 306 g/mol. The second kappa shape index (κ2) is 5.35. The molecule has 0 fully saturated rings. The van der Waals surface area contributed by atoms with Gasteiger partial charge in [0.1, 0.15) is 11.4 Å². The Morgan fingerprint density at radius 3 is 2.96 bits per heavy atom. The lowest BCUT2D eigenvalue weighted by Crippen LogP contribution is -2.41. The molecule has 6 nitrogen and oxygen atoms in total. The monoisotopic (exact) mass is 323 g/mol. The Hall–Kier alpha value is -2.86. The number of imidazole rings is 1. The van der Waals surface area contributed by atoms with Crippen LogP contribution in [0.25, 0.3) is 16.9 Å². The van der Waals surface area contributed by atoms with E-state index in [0.717, 1.165) is 28.2 Å². The van der Waals surface area contributed by atoms with Crippen molar-refractivity contribution in [3.05, 3.63) is 48.3 Å². The predicted octanol–water partition coefficient (Wildman–Crippen LogP) is 2.24. The zero-order chi connectivity index (χ0) is 16.8. The number of benzene rings is 1. The van der Waals surface area contributed by atoms with Gasteiger partial charge in [-0.3, -0.25) is 4.79 Å². The van der Waals surface area contributed by atoms with Crippen LogP contribution in [0.1, 0.15) is 12.5 Å². The number of fused-ring (bicyclic) bond motifs is 2. The van der Waals surface area contributed by atoms with E-state index in [1.54, 1.807) is 18.9 Å². The smallest absolute Gasteiger partial charge is 0.267 e. The van der Waals surface area contributed by atoms with Gasteiger partial charge in [-0.15, -0.1) is 0 Å². The van der Waals surface area contributed by atoms with Crippen molar-refractivity contribution in [3.63, 3.8) is 0 Å². The zero-order valence-electron chi connectivity index (χ0n) is 13.4. The van der Waals surface area contributed by atoms with E-state index < -0.39 is 6.10 Å². The van der Waals surface area contributed by atoms with Crippen LogP contribution in [0, 0.1) is 0 Å². The minimum Gasteiger partial charge on any atom is -0.479 e. The van der Waals surface area contributed by atoms with E-state index in [9.17, 15) is 9.90 Å². The van der Waals surface area contributed by atoms with Gasteiger partial charge in [0.2, 0.25) is 0 Å². The first-order chi connectivity index (χ1) is 11.6. The summed E-state index contributed by atoms with van der Waals surface area (Å²) >= 11 is 0. The van der Waals surface area contributed by atoms with Crippen molar-refractivity contribution in [2.45, 2.75) is 19.6 Å². The molecule has 1 N–H and O–H groups in total. The van der Waals surface area contributed by atoms with Crippen LogP contribution in [0.2, 0.25) is 0 Å². The lowest BCUT2D eigenvalue weighted by atomic mass is 10.1. The molecule has 0 bridgehead atoms. The second-order valence-corrected chi connectivity index (χ2v) is 5.89. The van der Waals surface area contributed by atoms with Crippen molar-refractivity contribution in [1.82, 2.24) is 9.38 Å². The van der Waals surface area contributed by atoms with Gasteiger partial charge < -0.3 is 19.1 Å². The Kier molecular flexibility index (Phi) is 3.28. The molecule has 1 aliphatic heterocycles. The maximum absolute atomic E-state index is 12.1. The van der Waals surface area contributed by atoms with Gasteiger partial charge in [0.15, 0.2) is 6.10 Å². The molecule has 1 unspecified atom stereocenters. The van der Waals surface area contributed by atoms with Gasteiger partial charge in [-0.25, -0.2) is 4.98 Å². The Morgan fingerprint density at radius 1 is 1.33 bits per heavy atom. The molecule has 3 heterocycles. The molecule has 122 valence electrons. The van der Waals surface area contributed by atoms with Crippen LogP contribution < -0.4 is 9.64 Å². The standard InChI is InChI=1S/C18H17N3O3/c1-11-18(23)20(2)15-8-12(5-6-16(15)24-11)14-9-21-7-3-4-13(10-22)17(21)19-14/h3-9,11,22H,10H2,1-2H3. The zero-order valence-corrected chi connectivity index (χ0v) is 13.4. The van der Waals surface area contributed by atoms with Gasteiger partial charge in [-0.05, 0) is 31.2 Å². The second-order valence-electron chi connectivity index (χ2n) is 5.89. The Labute approximate surface area is 138 Å². The largest absolute Gasteiger partial charge is 0.479 e. The molecule has 6 heteroatoms. The van der Waals surface area contributed by atoms with Crippen LogP contribution in [0.4, 0.5) is 5.69 Å². The van der Waals surface area contributed by atoms with Crippen molar-refractivity contribution in [2.24, 2.45) is 0 Å².